The molecule has 222 valence electrons. The molecule has 6 rings (SSSR count). The number of carbonyl (C=O) groups excluding carboxylic acids is 3. The molecule has 4 atom stereocenters. The van der Waals surface area contributed by atoms with Crippen LogP contribution in [0, 0.1) is 5.82 Å². The van der Waals surface area contributed by atoms with Crippen LogP contribution in [0.25, 0.3) is 11.2 Å². The number of ether oxygens (including phenoxy) is 4. The maximum Gasteiger partial charge on any atom is 0.303 e. The number of nitrogens with zero attached hydrogens (tertiary/aromatic N) is 5. The van der Waals surface area contributed by atoms with Gasteiger partial charge in [0.05, 0.1) is 6.33 Å². The molecule has 3 aliphatic rings. The average molecular weight is 602 g/mol. The van der Waals surface area contributed by atoms with Crippen LogP contribution in [-0.4, -0.2) is 68.9 Å². The molecule has 0 amide bonds. The fourth-order valence-electron chi connectivity index (χ4n) is 6.48. The Morgan fingerprint density at radius 2 is 1.79 bits per heavy atom. The second-order valence-corrected chi connectivity index (χ2v) is 11.2. The minimum absolute atomic E-state index is 0.0645. The molecule has 12 nitrogen and oxygen atoms in total. The summed E-state index contributed by atoms with van der Waals surface area (Å²) in [5.74, 6) is -1.69. The molecule has 1 saturated heterocycles. The van der Waals surface area contributed by atoms with Gasteiger partial charge in [-0.2, -0.15) is 9.97 Å². The second kappa shape index (κ2) is 10.8. The standard InChI is InChI=1S/C28H29ClFN5O7/c1-14(36)39-11-20-22(40-15(2)37)23(41-16(3)38)26(42-20)35-13-31-21-24(32-27(29)33-25(21)35)34-12-28(8-4-5-9-28)18-10-17(30)6-7-19(18)34/h6-7,10,13,20,22-23,26H,4-5,8-9,11-12H2,1-3H3/t20-,22-,23-,26-/m1/s1. The van der Waals surface area contributed by atoms with E-state index in [1.54, 1.807) is 12.1 Å². The normalized spacial score (nSPS) is 24.3. The molecule has 1 aliphatic carbocycles. The van der Waals surface area contributed by atoms with E-state index in [1.165, 1.54) is 37.7 Å². The summed E-state index contributed by atoms with van der Waals surface area (Å²) in [6, 6.07) is 4.78. The van der Waals surface area contributed by atoms with E-state index in [-0.39, 0.29) is 28.8 Å². The number of anilines is 2. The van der Waals surface area contributed by atoms with Crippen molar-refractivity contribution < 1.29 is 37.7 Å². The highest BCUT2D eigenvalue weighted by atomic mass is 35.5. The average Bonchev–Trinajstić information content (AvgIpc) is 3.69. The first-order valence-electron chi connectivity index (χ1n) is 13.7. The molecule has 3 aromatic rings. The Balaban J connectivity index is 1.43. The molecule has 0 unspecified atom stereocenters. The van der Waals surface area contributed by atoms with Crippen LogP contribution in [-0.2, 0) is 38.7 Å². The lowest BCUT2D eigenvalue weighted by molar-refractivity contribution is -0.166. The number of fused-ring (bicyclic) bond motifs is 3. The zero-order valence-corrected chi connectivity index (χ0v) is 24.0. The maximum atomic E-state index is 14.4. The second-order valence-electron chi connectivity index (χ2n) is 10.9. The molecule has 0 radical (unpaired) electrons. The molecule has 4 heterocycles. The largest absolute Gasteiger partial charge is 0.463 e. The van der Waals surface area contributed by atoms with Crippen LogP contribution in [0.15, 0.2) is 24.5 Å². The molecule has 0 N–H and O–H groups in total. The third kappa shape index (κ3) is 4.94. The summed E-state index contributed by atoms with van der Waals surface area (Å²) in [4.78, 5) is 51.2. The number of benzene rings is 1. The fourth-order valence-corrected chi connectivity index (χ4v) is 6.64. The highest BCUT2D eigenvalue weighted by molar-refractivity contribution is 6.28. The van der Waals surface area contributed by atoms with E-state index < -0.39 is 42.4 Å². The Kier molecular flexibility index (Phi) is 7.26. The van der Waals surface area contributed by atoms with Gasteiger partial charge in [-0.1, -0.05) is 12.8 Å². The number of hydrogen-bond donors (Lipinski definition) is 0. The van der Waals surface area contributed by atoms with Gasteiger partial charge in [-0.05, 0) is 48.2 Å². The molecule has 2 aromatic heterocycles. The number of halogens is 2. The number of esters is 3. The van der Waals surface area contributed by atoms with Gasteiger partial charge in [-0.25, -0.2) is 9.37 Å². The molecule has 1 spiro atoms. The minimum atomic E-state index is -1.13. The molecular weight excluding hydrogens is 573 g/mol. The highest BCUT2D eigenvalue weighted by Gasteiger charge is 2.51. The van der Waals surface area contributed by atoms with Crippen molar-refractivity contribution in [1.29, 1.82) is 0 Å². The number of carbonyl (C=O) groups is 3. The van der Waals surface area contributed by atoms with Crippen molar-refractivity contribution >= 4 is 52.2 Å². The molecule has 2 fully saturated rings. The number of imidazole rings is 1. The van der Waals surface area contributed by atoms with E-state index in [4.69, 9.17) is 30.5 Å². The van der Waals surface area contributed by atoms with Crippen LogP contribution in [0.2, 0.25) is 5.28 Å². The van der Waals surface area contributed by atoms with Crippen molar-refractivity contribution in [1.82, 2.24) is 19.5 Å². The lowest BCUT2D eigenvalue weighted by Crippen LogP contribution is -2.40. The smallest absolute Gasteiger partial charge is 0.303 e. The molecule has 42 heavy (non-hydrogen) atoms. The van der Waals surface area contributed by atoms with Crippen LogP contribution in [0.3, 0.4) is 0 Å². The van der Waals surface area contributed by atoms with Gasteiger partial charge in [0.1, 0.15) is 18.5 Å². The first kappa shape index (κ1) is 28.3. The summed E-state index contributed by atoms with van der Waals surface area (Å²) >= 11 is 6.47. The quantitative estimate of drug-likeness (QED) is 0.231. The summed E-state index contributed by atoms with van der Waals surface area (Å²) in [6.07, 6.45) is 1.17. The van der Waals surface area contributed by atoms with Crippen molar-refractivity contribution in [2.24, 2.45) is 0 Å². The molecule has 1 saturated carbocycles. The maximum absolute atomic E-state index is 14.4. The monoisotopic (exact) mass is 601 g/mol. The van der Waals surface area contributed by atoms with E-state index in [0.717, 1.165) is 36.9 Å². The first-order valence-corrected chi connectivity index (χ1v) is 14.0. The van der Waals surface area contributed by atoms with E-state index in [1.807, 2.05) is 4.90 Å². The molecule has 1 aromatic carbocycles. The summed E-state index contributed by atoms with van der Waals surface area (Å²) in [7, 11) is 0. The zero-order valence-electron chi connectivity index (χ0n) is 23.2. The van der Waals surface area contributed by atoms with Crippen LogP contribution < -0.4 is 4.90 Å². The zero-order chi connectivity index (χ0) is 29.8. The lowest BCUT2D eigenvalue weighted by Gasteiger charge is -2.25. The summed E-state index contributed by atoms with van der Waals surface area (Å²) < 4.78 is 38.3. The Labute approximate surface area is 245 Å². The summed E-state index contributed by atoms with van der Waals surface area (Å²) in [5, 5.41) is -0.0645. The van der Waals surface area contributed by atoms with Gasteiger partial charge in [-0.3, -0.25) is 19.0 Å². The van der Waals surface area contributed by atoms with Crippen LogP contribution in [0.4, 0.5) is 15.9 Å². The SMILES string of the molecule is CC(=O)OC[C@H]1O[C@@H](n2cnc3c(N4CC5(CCCC5)c5cc(F)ccc54)nc(Cl)nc32)[C@H](OC(C)=O)[C@@H]1OC(C)=O. The van der Waals surface area contributed by atoms with E-state index >= 15 is 0 Å². The van der Waals surface area contributed by atoms with E-state index in [0.29, 0.717) is 17.9 Å². The topological polar surface area (TPSA) is 135 Å². The lowest BCUT2D eigenvalue weighted by atomic mass is 9.81. The number of rotatable bonds is 6. The first-order chi connectivity index (χ1) is 20.1. The number of aromatic nitrogens is 4. The van der Waals surface area contributed by atoms with E-state index in [9.17, 15) is 18.8 Å². The molecule has 2 aliphatic heterocycles. The van der Waals surface area contributed by atoms with Crippen molar-refractivity contribution in [3.05, 3.63) is 41.2 Å². The fraction of sp³-hybridized carbons (Fsp3) is 0.500. The van der Waals surface area contributed by atoms with Gasteiger partial charge in [0.2, 0.25) is 5.28 Å². The van der Waals surface area contributed by atoms with Gasteiger partial charge >= 0.3 is 17.9 Å². The van der Waals surface area contributed by atoms with Gasteiger partial charge in [0.25, 0.3) is 0 Å². The van der Waals surface area contributed by atoms with Crippen molar-refractivity contribution in [3.63, 3.8) is 0 Å². The van der Waals surface area contributed by atoms with Crippen LogP contribution in [0.1, 0.15) is 58.2 Å². The van der Waals surface area contributed by atoms with Crippen molar-refractivity contribution in [3.8, 4) is 0 Å². The highest BCUT2D eigenvalue weighted by Crippen LogP contribution is 2.53. The Morgan fingerprint density at radius 3 is 2.48 bits per heavy atom. The van der Waals surface area contributed by atoms with E-state index in [2.05, 4.69) is 15.0 Å². The molecule has 14 heteroatoms. The van der Waals surface area contributed by atoms with Crippen LogP contribution >= 0.6 is 11.6 Å². The minimum Gasteiger partial charge on any atom is -0.463 e. The Hall–Kier alpha value is -3.84. The predicted octanol–water partition coefficient (Wildman–Crippen LogP) is 3.91. The van der Waals surface area contributed by atoms with Gasteiger partial charge < -0.3 is 23.8 Å². The third-order valence-corrected chi connectivity index (χ3v) is 8.26. The van der Waals surface area contributed by atoms with Gasteiger partial charge in [0.15, 0.2) is 35.4 Å². The molecular formula is C28H29ClFN5O7. The van der Waals surface area contributed by atoms with Gasteiger partial charge in [0, 0.05) is 38.4 Å². The summed E-state index contributed by atoms with van der Waals surface area (Å²) in [6.45, 7) is 4.00. The number of hydrogen-bond acceptors (Lipinski definition) is 11. The summed E-state index contributed by atoms with van der Waals surface area (Å²) in [5.41, 5.74) is 2.23. The third-order valence-electron chi connectivity index (χ3n) is 8.09. The van der Waals surface area contributed by atoms with Crippen molar-refractivity contribution in [2.45, 2.75) is 76.4 Å². The van der Waals surface area contributed by atoms with Gasteiger partial charge in [-0.15, -0.1) is 0 Å². The molecule has 0 bridgehead atoms. The van der Waals surface area contributed by atoms with Crippen LogP contribution in [0.5, 0.6) is 0 Å². The Morgan fingerprint density at radius 1 is 1.07 bits per heavy atom. The predicted molar refractivity (Wildman–Crippen MR) is 146 cm³/mol. The Bertz CT molecular complexity index is 1580. The van der Waals surface area contributed by atoms with Crippen molar-refractivity contribution in [2.75, 3.05) is 18.1 Å².